The number of hydrogen-bond donors (Lipinski definition) is 2. The lowest BCUT2D eigenvalue weighted by atomic mass is 9.79. The van der Waals surface area contributed by atoms with E-state index >= 15 is 0 Å². The first kappa shape index (κ1) is 22.5. The van der Waals surface area contributed by atoms with E-state index in [4.69, 9.17) is 9.84 Å². The zero-order valence-corrected chi connectivity index (χ0v) is 19.8. The maximum atomic E-state index is 12.9. The highest BCUT2D eigenvalue weighted by atomic mass is 16.5. The number of benzene rings is 1. The molecule has 2 aliphatic carbocycles. The molecule has 0 unspecified atom stereocenters. The minimum atomic E-state index is -0.518. The quantitative estimate of drug-likeness (QED) is 0.428. The van der Waals surface area contributed by atoms with E-state index in [-0.39, 0.29) is 11.7 Å². The monoisotopic (exact) mass is 465 g/mol. The number of fused-ring (bicyclic) bond motifs is 1. The Morgan fingerprint density at radius 1 is 1.26 bits per heavy atom. The number of amides is 1. The molecule has 2 aliphatic rings. The van der Waals surface area contributed by atoms with Crippen LogP contribution in [0.3, 0.4) is 0 Å². The molecule has 1 aromatic carbocycles. The van der Waals surface area contributed by atoms with E-state index in [2.05, 4.69) is 5.32 Å². The highest BCUT2D eigenvalue weighted by molar-refractivity contribution is 6.04. The molecule has 2 saturated carbocycles. The number of nitrogens with one attached hydrogen (secondary N) is 1. The molecule has 9 nitrogen and oxygen atoms in total. The number of ether oxygens (including phenoxy) is 1. The maximum Gasteiger partial charge on any atom is 0.296 e. The van der Waals surface area contributed by atoms with Crippen molar-refractivity contribution in [2.24, 2.45) is 5.92 Å². The van der Waals surface area contributed by atoms with E-state index in [0.29, 0.717) is 27.9 Å². The average Bonchev–Trinajstić information content (AvgIpc) is 3.60. The van der Waals surface area contributed by atoms with Gasteiger partial charge < -0.3 is 20.4 Å². The topological polar surface area (TPSA) is 107 Å². The van der Waals surface area contributed by atoms with E-state index < -0.39 is 11.5 Å². The molecule has 5 rings (SSSR count). The van der Waals surface area contributed by atoms with Crippen molar-refractivity contribution in [3.8, 4) is 5.75 Å². The van der Waals surface area contributed by atoms with Gasteiger partial charge in [0.15, 0.2) is 5.69 Å². The van der Waals surface area contributed by atoms with Crippen LogP contribution < -0.4 is 19.7 Å². The second kappa shape index (κ2) is 8.47. The molecule has 34 heavy (non-hydrogen) atoms. The van der Waals surface area contributed by atoms with Crippen LogP contribution in [0.25, 0.3) is 10.9 Å². The van der Waals surface area contributed by atoms with Crippen LogP contribution in [0.2, 0.25) is 0 Å². The normalized spacial score (nSPS) is 22.5. The molecule has 2 fully saturated rings. The van der Waals surface area contributed by atoms with E-state index in [1.807, 2.05) is 16.9 Å². The summed E-state index contributed by atoms with van der Waals surface area (Å²) < 4.78 is 8.10. The summed E-state index contributed by atoms with van der Waals surface area (Å²) in [5, 5.41) is 31.9. The fraction of sp³-hybridized carbons (Fsp3) is 0.480. The number of carbonyl (C=O) groups excluding carboxylic acids is 1. The van der Waals surface area contributed by atoms with Crippen LogP contribution in [-0.2, 0) is 0 Å². The van der Waals surface area contributed by atoms with Gasteiger partial charge in [-0.3, -0.25) is 14.4 Å². The summed E-state index contributed by atoms with van der Waals surface area (Å²) in [7, 11) is 5.03. The summed E-state index contributed by atoms with van der Waals surface area (Å²) in [6.07, 6.45) is 7.69. The highest BCUT2D eigenvalue weighted by Crippen LogP contribution is 2.49. The number of rotatable bonds is 6. The van der Waals surface area contributed by atoms with Gasteiger partial charge >= 0.3 is 0 Å². The van der Waals surface area contributed by atoms with Gasteiger partial charge in [-0.15, -0.1) is 0 Å². The molecule has 0 saturated heterocycles. The first-order valence-electron chi connectivity index (χ1n) is 11.8. The van der Waals surface area contributed by atoms with E-state index in [0.717, 1.165) is 49.4 Å². The lowest BCUT2D eigenvalue weighted by Gasteiger charge is -2.36. The van der Waals surface area contributed by atoms with Crippen LogP contribution in [-0.4, -0.2) is 47.6 Å². The molecule has 1 amide bonds. The number of aliphatic hydroxyl groups is 1. The van der Waals surface area contributed by atoms with Gasteiger partial charge in [0.25, 0.3) is 11.7 Å². The van der Waals surface area contributed by atoms with E-state index in [1.165, 1.54) is 13.2 Å². The van der Waals surface area contributed by atoms with Crippen LogP contribution in [0.4, 0.5) is 11.5 Å². The second-order valence-corrected chi connectivity index (χ2v) is 9.74. The number of pyridine rings is 1. The Kier molecular flexibility index (Phi) is 5.59. The fourth-order valence-corrected chi connectivity index (χ4v) is 5.09. The summed E-state index contributed by atoms with van der Waals surface area (Å²) in [6, 6.07) is 8.68. The van der Waals surface area contributed by atoms with Crippen LogP contribution >= 0.6 is 0 Å². The minimum Gasteiger partial charge on any atom is -0.710 e. The molecule has 0 bridgehead atoms. The Bertz CT molecular complexity index is 1230. The Labute approximate surface area is 198 Å². The third-order valence-electron chi connectivity index (χ3n) is 7.24. The molecule has 2 aromatic heterocycles. The first-order valence-corrected chi connectivity index (χ1v) is 11.8. The van der Waals surface area contributed by atoms with Gasteiger partial charge in [-0.1, -0.05) is 0 Å². The second-order valence-electron chi connectivity index (χ2n) is 9.74. The van der Waals surface area contributed by atoms with Gasteiger partial charge in [0, 0.05) is 23.7 Å². The molecule has 0 spiro atoms. The smallest absolute Gasteiger partial charge is 0.296 e. The molecule has 2 N–H and O–H groups in total. The van der Waals surface area contributed by atoms with Crippen molar-refractivity contribution in [1.82, 2.24) is 9.78 Å². The van der Waals surface area contributed by atoms with Gasteiger partial charge in [0.2, 0.25) is 0 Å². The minimum absolute atomic E-state index is 0.00518. The molecule has 0 atom stereocenters. The van der Waals surface area contributed by atoms with Gasteiger partial charge in [-0.05, 0) is 62.6 Å². The maximum absolute atomic E-state index is 12.9. The molecule has 2 heterocycles. The highest BCUT2D eigenvalue weighted by Gasteiger charge is 2.45. The zero-order valence-electron chi connectivity index (χ0n) is 19.8. The third-order valence-corrected chi connectivity index (χ3v) is 7.24. The Morgan fingerprint density at radius 3 is 2.65 bits per heavy atom. The fourth-order valence-electron chi connectivity index (χ4n) is 5.09. The standard InChI is InChI=1S/C25H31N5O4/c1-28(2)23-6-4-5-21(30(23)33)24(31)26-20-13-16-15-29(27-19(16)14-22(20)34-3)18-9-11-25(32,12-10-18)17-7-8-17/h4-6,13-15,17-18,32H,7-12H2,1-3H3,(H,26,31). The molecule has 9 heteroatoms. The molecular weight excluding hydrogens is 434 g/mol. The summed E-state index contributed by atoms with van der Waals surface area (Å²) in [5.41, 5.74) is 0.744. The van der Waals surface area contributed by atoms with Gasteiger partial charge in [0.1, 0.15) is 5.75 Å². The van der Waals surface area contributed by atoms with Gasteiger partial charge in [-0.2, -0.15) is 5.10 Å². The van der Waals surface area contributed by atoms with Gasteiger partial charge in [0.05, 0.1) is 44.1 Å². The van der Waals surface area contributed by atoms with Gasteiger partial charge in [-0.25, -0.2) is 4.73 Å². The number of carbonyl (C=O) groups is 1. The van der Waals surface area contributed by atoms with Crippen LogP contribution in [0.15, 0.2) is 36.5 Å². The zero-order chi connectivity index (χ0) is 24.0. The lowest BCUT2D eigenvalue weighted by molar-refractivity contribution is -0.594. The number of nitrogens with zero attached hydrogens (tertiary/aromatic N) is 4. The lowest BCUT2D eigenvalue weighted by Crippen LogP contribution is -2.41. The summed E-state index contributed by atoms with van der Waals surface area (Å²) in [5.74, 6) is 0.804. The number of methoxy groups -OCH3 is 1. The predicted molar refractivity (Wildman–Crippen MR) is 129 cm³/mol. The Balaban J connectivity index is 1.38. The van der Waals surface area contributed by atoms with Crippen molar-refractivity contribution < 1.29 is 19.4 Å². The molecule has 0 aliphatic heterocycles. The molecule has 180 valence electrons. The van der Waals surface area contributed by atoms with Crippen molar-refractivity contribution in [2.45, 2.75) is 50.2 Å². The van der Waals surface area contributed by atoms with Crippen molar-refractivity contribution in [2.75, 3.05) is 31.4 Å². The van der Waals surface area contributed by atoms with Crippen molar-refractivity contribution in [1.29, 1.82) is 0 Å². The average molecular weight is 466 g/mol. The predicted octanol–water partition coefficient (Wildman–Crippen LogP) is 3.25. The SMILES string of the molecule is COc1cc2nn(C3CCC(O)(C4CC4)CC3)cc2cc1NC(=O)c1cccc(N(C)C)[n+]1[O-]. The largest absolute Gasteiger partial charge is 0.710 e. The van der Waals surface area contributed by atoms with Crippen LogP contribution in [0, 0.1) is 11.1 Å². The summed E-state index contributed by atoms with van der Waals surface area (Å²) >= 11 is 0. The molecule has 0 radical (unpaired) electrons. The first-order chi connectivity index (χ1) is 16.3. The Morgan fingerprint density at radius 2 is 2.00 bits per heavy atom. The van der Waals surface area contributed by atoms with E-state index in [1.54, 1.807) is 37.2 Å². The summed E-state index contributed by atoms with van der Waals surface area (Å²) in [6.45, 7) is 0. The Hall–Kier alpha value is -3.33. The van der Waals surface area contributed by atoms with Crippen molar-refractivity contribution in [3.63, 3.8) is 0 Å². The number of hydrogen-bond acceptors (Lipinski definition) is 6. The van der Waals surface area contributed by atoms with Crippen molar-refractivity contribution >= 4 is 28.3 Å². The molecular formula is C25H31N5O4. The van der Waals surface area contributed by atoms with Crippen LogP contribution in [0.5, 0.6) is 5.75 Å². The number of aromatic nitrogens is 3. The molecule has 3 aromatic rings. The number of anilines is 2. The van der Waals surface area contributed by atoms with E-state index in [9.17, 15) is 15.1 Å². The van der Waals surface area contributed by atoms with Crippen molar-refractivity contribution in [3.05, 3.63) is 47.4 Å². The third kappa shape index (κ3) is 4.04. The summed E-state index contributed by atoms with van der Waals surface area (Å²) in [4.78, 5) is 14.6. The van der Waals surface area contributed by atoms with Crippen LogP contribution in [0.1, 0.15) is 55.1 Å².